The Balaban J connectivity index is 2.52. The lowest BCUT2D eigenvalue weighted by molar-refractivity contribution is 0.105. The molecule has 0 bridgehead atoms. The molecule has 3 atom stereocenters. The van der Waals surface area contributed by atoms with Crippen LogP contribution in [0, 0.1) is 17.2 Å². The van der Waals surface area contributed by atoms with E-state index < -0.39 is 0 Å². The maximum absolute atomic E-state index is 8.77. The summed E-state index contributed by atoms with van der Waals surface area (Å²) < 4.78 is 0. The van der Waals surface area contributed by atoms with Crippen LogP contribution in [-0.2, 0) is 0 Å². The minimum absolute atomic E-state index is 0.367. The molecular weight excluding hydrogens is 186 g/mol. The van der Waals surface area contributed by atoms with Crippen LogP contribution in [0.25, 0.3) is 0 Å². The number of piperidine rings is 1. The van der Waals surface area contributed by atoms with Crippen LogP contribution in [-0.4, -0.2) is 30.1 Å². The Bertz CT molecular complexity index is 221. The average Bonchev–Trinajstić information content (AvgIpc) is 2.27. The highest BCUT2D eigenvalue weighted by Gasteiger charge is 2.28. The lowest BCUT2D eigenvalue weighted by atomic mass is 9.89. The Morgan fingerprint density at radius 2 is 2.27 bits per heavy atom. The van der Waals surface area contributed by atoms with Crippen molar-refractivity contribution in [1.29, 1.82) is 5.26 Å². The average molecular weight is 209 g/mol. The lowest BCUT2D eigenvalue weighted by Gasteiger charge is -2.40. The molecule has 1 saturated heterocycles. The van der Waals surface area contributed by atoms with E-state index in [4.69, 9.17) is 11.0 Å². The fourth-order valence-corrected chi connectivity index (χ4v) is 2.48. The predicted octanol–water partition coefficient (Wildman–Crippen LogP) is 1.74. The predicted molar refractivity (Wildman–Crippen MR) is 62.3 cm³/mol. The van der Waals surface area contributed by atoms with Gasteiger partial charge in [-0.1, -0.05) is 20.3 Å². The van der Waals surface area contributed by atoms with E-state index >= 15 is 0 Å². The first-order valence-electron chi connectivity index (χ1n) is 6.09. The highest BCUT2D eigenvalue weighted by atomic mass is 15.2. The van der Waals surface area contributed by atoms with Crippen molar-refractivity contribution in [2.24, 2.45) is 11.7 Å². The van der Waals surface area contributed by atoms with Gasteiger partial charge in [0.2, 0.25) is 0 Å². The van der Waals surface area contributed by atoms with Gasteiger partial charge in [0.25, 0.3) is 0 Å². The molecule has 3 unspecified atom stereocenters. The number of nitrogens with two attached hydrogens (primary N) is 1. The monoisotopic (exact) mass is 209 g/mol. The van der Waals surface area contributed by atoms with Gasteiger partial charge >= 0.3 is 0 Å². The van der Waals surface area contributed by atoms with Gasteiger partial charge in [0.05, 0.1) is 12.5 Å². The van der Waals surface area contributed by atoms with E-state index in [0.29, 0.717) is 24.4 Å². The summed E-state index contributed by atoms with van der Waals surface area (Å²) in [5.74, 6) is 0.617. The number of rotatable bonds is 4. The number of hydrogen-bond acceptors (Lipinski definition) is 3. The molecule has 2 N–H and O–H groups in total. The number of hydrogen-bond donors (Lipinski definition) is 1. The molecular formula is C12H23N3. The zero-order chi connectivity index (χ0) is 11.3. The number of nitriles is 1. The highest BCUT2D eigenvalue weighted by Crippen LogP contribution is 2.22. The van der Waals surface area contributed by atoms with Gasteiger partial charge in [-0.15, -0.1) is 0 Å². The van der Waals surface area contributed by atoms with E-state index in [1.807, 2.05) is 0 Å². The first-order chi connectivity index (χ1) is 7.22. The smallest absolute Gasteiger partial charge is 0.0638 e. The van der Waals surface area contributed by atoms with Crippen molar-refractivity contribution in [2.75, 3.05) is 13.1 Å². The fourth-order valence-electron chi connectivity index (χ4n) is 2.48. The quantitative estimate of drug-likeness (QED) is 0.767. The maximum Gasteiger partial charge on any atom is 0.0638 e. The van der Waals surface area contributed by atoms with E-state index in [0.717, 1.165) is 32.4 Å². The summed E-state index contributed by atoms with van der Waals surface area (Å²) in [7, 11) is 0. The second-order valence-corrected chi connectivity index (χ2v) is 4.54. The first-order valence-corrected chi connectivity index (χ1v) is 6.09. The summed E-state index contributed by atoms with van der Waals surface area (Å²) >= 11 is 0. The largest absolute Gasteiger partial charge is 0.327 e. The molecule has 1 aliphatic heterocycles. The Hall–Kier alpha value is -0.590. The van der Waals surface area contributed by atoms with Crippen LogP contribution >= 0.6 is 0 Å². The summed E-state index contributed by atoms with van der Waals surface area (Å²) in [4.78, 5) is 2.46. The molecule has 0 aromatic carbocycles. The van der Waals surface area contributed by atoms with Crippen LogP contribution in [0.1, 0.15) is 39.5 Å². The molecule has 0 saturated carbocycles. The van der Waals surface area contributed by atoms with Crippen molar-refractivity contribution < 1.29 is 0 Å². The maximum atomic E-state index is 8.77. The third-order valence-corrected chi connectivity index (χ3v) is 3.66. The zero-order valence-electron chi connectivity index (χ0n) is 9.95. The summed E-state index contributed by atoms with van der Waals surface area (Å²) in [5, 5.41) is 8.77. The van der Waals surface area contributed by atoms with Crippen LogP contribution in [0.4, 0.5) is 0 Å². The van der Waals surface area contributed by atoms with Crippen molar-refractivity contribution >= 4 is 0 Å². The Labute approximate surface area is 93.2 Å². The van der Waals surface area contributed by atoms with Gasteiger partial charge in [-0.05, 0) is 25.3 Å². The van der Waals surface area contributed by atoms with Crippen LogP contribution in [0.3, 0.4) is 0 Å². The second kappa shape index (κ2) is 6.09. The molecule has 0 aliphatic carbocycles. The normalized spacial score (nSPS) is 29.7. The van der Waals surface area contributed by atoms with Gasteiger partial charge in [0, 0.05) is 18.6 Å². The van der Waals surface area contributed by atoms with Gasteiger partial charge in [-0.25, -0.2) is 0 Å². The molecule has 1 aliphatic rings. The minimum atomic E-state index is 0.367. The third-order valence-electron chi connectivity index (χ3n) is 3.66. The second-order valence-electron chi connectivity index (χ2n) is 4.54. The highest BCUT2D eigenvalue weighted by molar-refractivity contribution is 4.88. The van der Waals surface area contributed by atoms with Crippen molar-refractivity contribution in [2.45, 2.75) is 51.6 Å². The lowest BCUT2D eigenvalue weighted by Crippen LogP contribution is -2.50. The van der Waals surface area contributed by atoms with E-state index in [1.54, 1.807) is 0 Å². The molecule has 0 spiro atoms. The molecule has 1 heterocycles. The zero-order valence-corrected chi connectivity index (χ0v) is 9.95. The van der Waals surface area contributed by atoms with Crippen molar-refractivity contribution in [3.8, 4) is 6.07 Å². The molecule has 1 rings (SSSR count). The Kier molecular flexibility index (Phi) is 5.07. The number of likely N-dealkylation sites (tertiary alicyclic amines) is 1. The van der Waals surface area contributed by atoms with E-state index in [9.17, 15) is 0 Å². The molecule has 0 radical (unpaired) electrons. The van der Waals surface area contributed by atoms with Crippen molar-refractivity contribution in [1.82, 2.24) is 4.90 Å². The van der Waals surface area contributed by atoms with Gasteiger partial charge < -0.3 is 5.73 Å². The van der Waals surface area contributed by atoms with E-state index in [2.05, 4.69) is 24.8 Å². The molecule has 3 heteroatoms. The summed E-state index contributed by atoms with van der Waals surface area (Å²) in [6.45, 7) is 6.52. The first kappa shape index (κ1) is 12.5. The molecule has 1 fully saturated rings. The number of nitrogens with zero attached hydrogens (tertiary/aromatic N) is 2. The van der Waals surface area contributed by atoms with Crippen LogP contribution in [0.5, 0.6) is 0 Å². The Morgan fingerprint density at radius 3 is 2.80 bits per heavy atom. The standard InChI is InChI=1S/C12H23N3/c1-3-10-9-15(8-6-12(10)14)11(4-2)5-7-13/h10-12H,3-6,8-9,14H2,1-2H3. The van der Waals surface area contributed by atoms with Crippen molar-refractivity contribution in [3.05, 3.63) is 0 Å². The van der Waals surface area contributed by atoms with Crippen molar-refractivity contribution in [3.63, 3.8) is 0 Å². The molecule has 0 aromatic rings. The van der Waals surface area contributed by atoms with Gasteiger partial charge in [0.15, 0.2) is 0 Å². The molecule has 86 valence electrons. The SMILES string of the molecule is CCC1CN(C(CC)CC#N)CCC1N. The molecule has 0 amide bonds. The van der Waals surface area contributed by atoms with E-state index in [1.165, 1.54) is 0 Å². The Morgan fingerprint density at radius 1 is 1.53 bits per heavy atom. The van der Waals surface area contributed by atoms with Crippen LogP contribution in [0.2, 0.25) is 0 Å². The third kappa shape index (κ3) is 3.19. The van der Waals surface area contributed by atoms with E-state index in [-0.39, 0.29) is 0 Å². The molecule has 15 heavy (non-hydrogen) atoms. The summed E-state index contributed by atoms with van der Waals surface area (Å²) in [6, 6.07) is 3.09. The molecule has 0 aromatic heterocycles. The van der Waals surface area contributed by atoms with Gasteiger partial charge in [-0.3, -0.25) is 4.90 Å². The van der Waals surface area contributed by atoms with Gasteiger partial charge in [-0.2, -0.15) is 5.26 Å². The topological polar surface area (TPSA) is 53.0 Å². The fraction of sp³-hybridized carbons (Fsp3) is 0.917. The minimum Gasteiger partial charge on any atom is -0.327 e. The molecule has 3 nitrogen and oxygen atoms in total. The van der Waals surface area contributed by atoms with Crippen LogP contribution < -0.4 is 5.73 Å². The summed E-state index contributed by atoms with van der Waals surface area (Å²) in [6.07, 6.45) is 3.96. The summed E-state index contributed by atoms with van der Waals surface area (Å²) in [5.41, 5.74) is 6.08. The van der Waals surface area contributed by atoms with Crippen LogP contribution in [0.15, 0.2) is 0 Å². The van der Waals surface area contributed by atoms with Gasteiger partial charge in [0.1, 0.15) is 0 Å².